The topological polar surface area (TPSA) is 13.0 Å². The van der Waals surface area contributed by atoms with Crippen molar-refractivity contribution >= 4 is 44.3 Å². The standard InChI is InChI=1S/C32H38N4/c1-7-33-25-19-11-15-23-16-12-20-26(29(23)25)34(8-2)31(33,5)32(6)35(9-3)27-21-13-17-24-18-14-22-28(30(24)27)36(32)10-4/h11-22H,7-10H2,1-6H3. The second-order valence-corrected chi connectivity index (χ2v) is 10.3. The molecule has 0 fully saturated rings. The molecule has 0 unspecified atom stereocenters. The smallest absolute Gasteiger partial charge is 0.153 e. The van der Waals surface area contributed by atoms with Gasteiger partial charge in [0.15, 0.2) is 11.3 Å². The fraction of sp³-hybridized carbons (Fsp3) is 0.375. The van der Waals surface area contributed by atoms with Gasteiger partial charge < -0.3 is 19.6 Å². The van der Waals surface area contributed by atoms with Gasteiger partial charge in [0.05, 0.1) is 0 Å². The van der Waals surface area contributed by atoms with Crippen LogP contribution in [0, 0.1) is 0 Å². The molecule has 0 amide bonds. The molecule has 4 aromatic rings. The normalized spacial score (nSPS) is 17.8. The number of anilines is 4. The Hall–Kier alpha value is -3.40. The van der Waals surface area contributed by atoms with E-state index in [0.717, 1.165) is 26.2 Å². The molecule has 0 saturated carbocycles. The summed E-state index contributed by atoms with van der Waals surface area (Å²) in [6, 6.07) is 27.2. The van der Waals surface area contributed by atoms with Gasteiger partial charge in [-0.15, -0.1) is 0 Å². The van der Waals surface area contributed by atoms with E-state index in [1.54, 1.807) is 0 Å². The molecule has 0 aliphatic carbocycles. The van der Waals surface area contributed by atoms with Crippen molar-refractivity contribution in [3.8, 4) is 0 Å². The largest absolute Gasteiger partial charge is 0.345 e. The van der Waals surface area contributed by atoms with Gasteiger partial charge in [-0.2, -0.15) is 0 Å². The lowest BCUT2D eigenvalue weighted by Gasteiger charge is -2.68. The molecule has 4 nitrogen and oxygen atoms in total. The van der Waals surface area contributed by atoms with Crippen molar-refractivity contribution in [2.24, 2.45) is 0 Å². The second kappa shape index (κ2) is 8.06. The molecule has 2 aliphatic rings. The van der Waals surface area contributed by atoms with Gasteiger partial charge in [-0.25, -0.2) is 0 Å². The molecule has 0 bridgehead atoms. The van der Waals surface area contributed by atoms with Gasteiger partial charge in [-0.1, -0.05) is 48.5 Å². The van der Waals surface area contributed by atoms with Crippen LogP contribution >= 0.6 is 0 Å². The van der Waals surface area contributed by atoms with Gasteiger partial charge in [-0.3, -0.25) is 0 Å². The van der Waals surface area contributed by atoms with Gasteiger partial charge >= 0.3 is 0 Å². The van der Waals surface area contributed by atoms with Crippen molar-refractivity contribution < 1.29 is 0 Å². The van der Waals surface area contributed by atoms with Crippen LogP contribution in [0.3, 0.4) is 0 Å². The van der Waals surface area contributed by atoms with E-state index in [9.17, 15) is 0 Å². The van der Waals surface area contributed by atoms with Crippen molar-refractivity contribution in [1.82, 2.24) is 0 Å². The van der Waals surface area contributed by atoms with Crippen LogP contribution in [0.5, 0.6) is 0 Å². The zero-order valence-corrected chi connectivity index (χ0v) is 22.5. The first-order valence-corrected chi connectivity index (χ1v) is 13.6. The Morgan fingerprint density at radius 2 is 0.694 bits per heavy atom. The fourth-order valence-corrected chi connectivity index (χ4v) is 7.67. The van der Waals surface area contributed by atoms with E-state index in [4.69, 9.17) is 0 Å². The minimum Gasteiger partial charge on any atom is -0.345 e. The zero-order valence-electron chi connectivity index (χ0n) is 22.5. The second-order valence-electron chi connectivity index (χ2n) is 10.3. The van der Waals surface area contributed by atoms with Crippen LogP contribution in [0.4, 0.5) is 22.7 Å². The van der Waals surface area contributed by atoms with E-state index < -0.39 is 0 Å². The van der Waals surface area contributed by atoms with Gasteiger partial charge in [0, 0.05) is 59.7 Å². The summed E-state index contributed by atoms with van der Waals surface area (Å²) in [5.41, 5.74) is 4.65. The third-order valence-electron chi connectivity index (χ3n) is 9.15. The summed E-state index contributed by atoms with van der Waals surface area (Å²) in [6.07, 6.45) is 0. The Kier molecular flexibility index (Phi) is 5.15. The maximum atomic E-state index is 2.67. The third kappa shape index (κ3) is 2.60. The fourth-order valence-electron chi connectivity index (χ4n) is 7.67. The summed E-state index contributed by atoms with van der Waals surface area (Å²) < 4.78 is 0. The zero-order chi connectivity index (χ0) is 25.2. The lowest BCUT2D eigenvalue weighted by Crippen LogP contribution is -2.83. The van der Waals surface area contributed by atoms with Crippen LogP contribution in [0.25, 0.3) is 21.5 Å². The predicted molar refractivity (Wildman–Crippen MR) is 157 cm³/mol. The minimum absolute atomic E-state index is 0.346. The highest BCUT2D eigenvalue weighted by Gasteiger charge is 2.61. The van der Waals surface area contributed by atoms with E-state index in [1.165, 1.54) is 44.3 Å². The number of nitrogens with zero attached hydrogens (tertiary/aromatic N) is 4. The Morgan fingerprint density at radius 3 is 0.917 bits per heavy atom. The molecular weight excluding hydrogens is 440 g/mol. The highest BCUT2D eigenvalue weighted by Crippen LogP contribution is 2.56. The van der Waals surface area contributed by atoms with Crippen LogP contribution in [0.1, 0.15) is 41.5 Å². The van der Waals surface area contributed by atoms with E-state index in [1.807, 2.05) is 0 Å². The Labute approximate surface area is 215 Å². The molecule has 2 heterocycles. The summed E-state index contributed by atoms with van der Waals surface area (Å²) >= 11 is 0. The first-order valence-electron chi connectivity index (χ1n) is 13.6. The Balaban J connectivity index is 1.70. The van der Waals surface area contributed by atoms with Gasteiger partial charge in [-0.05, 0) is 76.6 Å². The molecule has 0 N–H and O–H groups in total. The lowest BCUT2D eigenvalue weighted by atomic mass is 9.81. The number of benzene rings is 4. The maximum Gasteiger partial charge on any atom is 0.153 e. The summed E-state index contributed by atoms with van der Waals surface area (Å²) in [7, 11) is 0. The molecular formula is C32H38N4. The minimum atomic E-state index is -0.346. The molecule has 186 valence electrons. The van der Waals surface area contributed by atoms with E-state index in [0.29, 0.717) is 0 Å². The van der Waals surface area contributed by atoms with E-state index in [2.05, 4.69) is 134 Å². The summed E-state index contributed by atoms with van der Waals surface area (Å²) in [5.74, 6) is 0. The monoisotopic (exact) mass is 478 g/mol. The van der Waals surface area contributed by atoms with E-state index >= 15 is 0 Å². The molecule has 2 aliphatic heterocycles. The molecule has 0 saturated heterocycles. The average molecular weight is 479 g/mol. The summed E-state index contributed by atoms with van der Waals surface area (Å²) in [6.45, 7) is 17.9. The van der Waals surface area contributed by atoms with Crippen LogP contribution in [-0.2, 0) is 0 Å². The number of likely N-dealkylation sites (N-methyl/N-ethyl adjacent to an activating group) is 4. The van der Waals surface area contributed by atoms with Crippen LogP contribution in [-0.4, -0.2) is 37.5 Å². The van der Waals surface area contributed by atoms with Gasteiger partial charge in [0.25, 0.3) is 0 Å². The highest BCUT2D eigenvalue weighted by molar-refractivity contribution is 6.08. The molecule has 4 aromatic carbocycles. The Bertz CT molecular complexity index is 1250. The SMILES string of the molecule is CCN1c2cccc3cccc(c23)N(CC)C1(C)C1(C)N(CC)c2cccc3cccc(c23)N1CC. The number of hydrogen-bond donors (Lipinski definition) is 0. The van der Waals surface area contributed by atoms with Crippen molar-refractivity contribution in [3.05, 3.63) is 72.8 Å². The van der Waals surface area contributed by atoms with Crippen molar-refractivity contribution in [3.63, 3.8) is 0 Å². The van der Waals surface area contributed by atoms with Crippen molar-refractivity contribution in [2.45, 2.75) is 52.9 Å². The molecule has 0 atom stereocenters. The third-order valence-corrected chi connectivity index (χ3v) is 9.15. The highest BCUT2D eigenvalue weighted by atomic mass is 15.6. The van der Waals surface area contributed by atoms with Crippen LogP contribution in [0.2, 0.25) is 0 Å². The van der Waals surface area contributed by atoms with Gasteiger partial charge in [0.1, 0.15) is 0 Å². The molecule has 6 rings (SSSR count). The predicted octanol–water partition coefficient (Wildman–Crippen LogP) is 7.46. The van der Waals surface area contributed by atoms with Crippen molar-refractivity contribution in [1.29, 1.82) is 0 Å². The van der Waals surface area contributed by atoms with E-state index in [-0.39, 0.29) is 11.3 Å². The van der Waals surface area contributed by atoms with Crippen molar-refractivity contribution in [2.75, 3.05) is 45.8 Å². The first kappa shape index (κ1) is 23.0. The molecule has 0 radical (unpaired) electrons. The Morgan fingerprint density at radius 1 is 0.444 bits per heavy atom. The first-order chi connectivity index (χ1) is 17.5. The number of hydrogen-bond acceptors (Lipinski definition) is 4. The summed E-state index contributed by atoms with van der Waals surface area (Å²) in [5, 5.41) is 5.36. The maximum absolute atomic E-state index is 2.67. The molecule has 0 spiro atoms. The average Bonchev–Trinajstić information content (AvgIpc) is 2.90. The number of rotatable bonds is 5. The lowest BCUT2D eigenvalue weighted by molar-refractivity contribution is 0.208. The van der Waals surface area contributed by atoms with Crippen LogP contribution in [0.15, 0.2) is 72.8 Å². The quantitative estimate of drug-likeness (QED) is 0.295. The molecule has 4 heteroatoms. The van der Waals surface area contributed by atoms with Gasteiger partial charge in [0.2, 0.25) is 0 Å². The summed E-state index contributed by atoms with van der Waals surface area (Å²) in [4.78, 5) is 10.7. The van der Waals surface area contributed by atoms with Crippen LogP contribution < -0.4 is 19.6 Å². The molecule has 36 heavy (non-hydrogen) atoms. The molecule has 0 aromatic heterocycles.